The van der Waals surface area contributed by atoms with Gasteiger partial charge in [0.15, 0.2) is 0 Å². The average molecular weight is 419 g/mol. The Hall–Kier alpha value is -1.76. The zero-order chi connectivity index (χ0) is 16.9. The molecule has 0 atom stereocenters. The van der Waals surface area contributed by atoms with E-state index < -0.39 is 0 Å². The molecule has 1 aromatic heterocycles. The zero-order valence-corrected chi connectivity index (χ0v) is 16.1. The van der Waals surface area contributed by atoms with Crippen LogP contribution in [0.1, 0.15) is 9.67 Å². The monoisotopic (exact) mass is 418 g/mol. The molecule has 3 aromatic rings. The summed E-state index contributed by atoms with van der Waals surface area (Å²) in [5.41, 5.74) is 3.84. The van der Waals surface area contributed by atoms with Crippen LogP contribution in [0.2, 0.25) is 0 Å². The quantitative estimate of drug-likeness (QED) is 0.490. The number of rotatable bonds is 5. The molecule has 0 aliphatic carbocycles. The van der Waals surface area contributed by atoms with Crippen LogP contribution in [0.3, 0.4) is 0 Å². The minimum Gasteiger partial charge on any atom is -0.330 e. The third kappa shape index (κ3) is 4.01. The van der Waals surface area contributed by atoms with Crippen molar-refractivity contribution in [2.24, 2.45) is 0 Å². The predicted octanol–water partition coefficient (Wildman–Crippen LogP) is 6.12. The molecule has 0 unspecified atom stereocenters. The van der Waals surface area contributed by atoms with Gasteiger partial charge in [0.2, 0.25) is 0 Å². The Morgan fingerprint density at radius 1 is 1.04 bits per heavy atom. The summed E-state index contributed by atoms with van der Waals surface area (Å²) in [4.78, 5) is 13.2. The lowest BCUT2D eigenvalue weighted by atomic mass is 10.1. The molecule has 3 nitrogen and oxygen atoms in total. The second-order valence-electron chi connectivity index (χ2n) is 5.01. The van der Waals surface area contributed by atoms with Gasteiger partial charge in [0, 0.05) is 23.2 Å². The molecule has 2 N–H and O–H groups in total. The summed E-state index contributed by atoms with van der Waals surface area (Å²) in [6.07, 6.45) is 1.96. The van der Waals surface area contributed by atoms with Gasteiger partial charge in [-0.25, -0.2) is 0 Å². The SMILES string of the molecule is CSNc1cccc(NC(=O)c2cc(-c3ccccc3)c(Br)s2)c1. The zero-order valence-electron chi connectivity index (χ0n) is 12.9. The average Bonchev–Trinajstić information content (AvgIpc) is 2.98. The Morgan fingerprint density at radius 2 is 1.79 bits per heavy atom. The molecule has 0 spiro atoms. The molecule has 0 saturated heterocycles. The highest BCUT2D eigenvalue weighted by Gasteiger charge is 2.14. The van der Waals surface area contributed by atoms with Gasteiger partial charge in [-0.2, -0.15) is 0 Å². The van der Waals surface area contributed by atoms with E-state index in [1.165, 1.54) is 23.3 Å². The summed E-state index contributed by atoms with van der Waals surface area (Å²) in [6.45, 7) is 0. The third-order valence-electron chi connectivity index (χ3n) is 3.34. The fourth-order valence-corrected chi connectivity index (χ4v) is 4.30. The second kappa shape index (κ2) is 7.88. The van der Waals surface area contributed by atoms with Crippen LogP contribution in [-0.2, 0) is 0 Å². The van der Waals surface area contributed by atoms with Crippen molar-refractivity contribution in [3.8, 4) is 11.1 Å². The number of anilines is 2. The lowest BCUT2D eigenvalue weighted by molar-refractivity contribution is 0.103. The van der Waals surface area contributed by atoms with Crippen LogP contribution in [0.15, 0.2) is 64.5 Å². The summed E-state index contributed by atoms with van der Waals surface area (Å²) in [5, 5.41) is 2.95. The minimum absolute atomic E-state index is 0.107. The third-order valence-corrected chi connectivity index (χ3v) is 5.61. The molecule has 0 bridgehead atoms. The molecule has 6 heteroatoms. The van der Waals surface area contributed by atoms with E-state index in [1.54, 1.807) is 0 Å². The maximum absolute atomic E-state index is 12.5. The van der Waals surface area contributed by atoms with Crippen LogP contribution < -0.4 is 10.0 Å². The highest BCUT2D eigenvalue weighted by molar-refractivity contribution is 9.11. The molecule has 1 amide bonds. The first kappa shape index (κ1) is 17.1. The smallest absolute Gasteiger partial charge is 0.265 e. The van der Waals surface area contributed by atoms with Crippen LogP contribution in [0.4, 0.5) is 11.4 Å². The van der Waals surface area contributed by atoms with E-state index in [0.29, 0.717) is 4.88 Å². The van der Waals surface area contributed by atoms with E-state index in [2.05, 4.69) is 26.0 Å². The van der Waals surface area contributed by atoms with Gasteiger partial charge in [0.25, 0.3) is 5.91 Å². The number of hydrogen-bond acceptors (Lipinski definition) is 4. The molecule has 3 rings (SSSR count). The number of benzene rings is 2. The molecular weight excluding hydrogens is 404 g/mol. The number of carbonyl (C=O) groups excluding carboxylic acids is 1. The Bertz CT molecular complexity index is 849. The van der Waals surface area contributed by atoms with Crippen LogP contribution in [0, 0.1) is 0 Å². The second-order valence-corrected chi connectivity index (χ2v) is 7.99. The van der Waals surface area contributed by atoms with Crippen molar-refractivity contribution in [3.05, 3.63) is 69.3 Å². The molecule has 24 heavy (non-hydrogen) atoms. The van der Waals surface area contributed by atoms with Crippen LogP contribution >= 0.6 is 39.2 Å². The molecule has 122 valence electrons. The molecule has 0 aliphatic rings. The fourth-order valence-electron chi connectivity index (χ4n) is 2.27. The van der Waals surface area contributed by atoms with E-state index in [4.69, 9.17) is 0 Å². The Kier molecular flexibility index (Phi) is 5.60. The van der Waals surface area contributed by atoms with E-state index in [9.17, 15) is 4.79 Å². The summed E-state index contributed by atoms with van der Waals surface area (Å²) in [7, 11) is 0. The van der Waals surface area contributed by atoms with Gasteiger partial charge in [-0.05, 0) is 45.8 Å². The van der Waals surface area contributed by atoms with Crippen LogP contribution in [0.25, 0.3) is 11.1 Å². The van der Waals surface area contributed by atoms with Crippen molar-refractivity contribution in [3.63, 3.8) is 0 Å². The number of nitrogens with one attached hydrogen (secondary N) is 2. The van der Waals surface area contributed by atoms with Crippen LogP contribution in [-0.4, -0.2) is 12.2 Å². The molecule has 1 heterocycles. The predicted molar refractivity (Wildman–Crippen MR) is 109 cm³/mol. The maximum Gasteiger partial charge on any atom is 0.265 e. The largest absolute Gasteiger partial charge is 0.330 e. The summed E-state index contributed by atoms with van der Waals surface area (Å²) in [6, 6.07) is 19.6. The van der Waals surface area contributed by atoms with E-state index >= 15 is 0 Å². The molecule has 0 saturated carbocycles. The van der Waals surface area contributed by atoms with Crippen LogP contribution in [0.5, 0.6) is 0 Å². The molecule has 0 radical (unpaired) electrons. The van der Waals surface area contributed by atoms with Gasteiger partial charge in [0.05, 0.1) is 8.66 Å². The number of amides is 1. The first-order valence-electron chi connectivity index (χ1n) is 7.22. The first-order valence-corrected chi connectivity index (χ1v) is 10.1. The molecule has 2 aromatic carbocycles. The number of carbonyl (C=O) groups is 1. The van der Waals surface area contributed by atoms with Gasteiger partial charge in [-0.15, -0.1) is 11.3 Å². The van der Waals surface area contributed by atoms with Gasteiger partial charge in [0.1, 0.15) is 0 Å². The Morgan fingerprint density at radius 3 is 2.54 bits per heavy atom. The minimum atomic E-state index is -0.107. The highest BCUT2D eigenvalue weighted by Crippen LogP contribution is 2.36. The van der Waals surface area contributed by atoms with Crippen molar-refractivity contribution < 1.29 is 4.79 Å². The fraction of sp³-hybridized carbons (Fsp3) is 0.0556. The van der Waals surface area contributed by atoms with Crippen molar-refractivity contribution in [2.45, 2.75) is 0 Å². The van der Waals surface area contributed by atoms with Gasteiger partial charge in [-0.1, -0.05) is 48.3 Å². The van der Waals surface area contributed by atoms with Gasteiger partial charge >= 0.3 is 0 Å². The van der Waals surface area contributed by atoms with E-state index in [-0.39, 0.29) is 5.91 Å². The lowest BCUT2D eigenvalue weighted by Crippen LogP contribution is -2.10. The highest BCUT2D eigenvalue weighted by atomic mass is 79.9. The molecule has 0 fully saturated rings. The number of thiophene rings is 1. The molecule has 0 aliphatic heterocycles. The topological polar surface area (TPSA) is 41.1 Å². The van der Waals surface area contributed by atoms with Crippen molar-refractivity contribution in [1.29, 1.82) is 0 Å². The Balaban J connectivity index is 1.80. The number of hydrogen-bond donors (Lipinski definition) is 2. The van der Waals surface area contributed by atoms with Gasteiger partial charge < -0.3 is 10.0 Å². The van der Waals surface area contributed by atoms with Crippen molar-refractivity contribution in [2.75, 3.05) is 16.3 Å². The summed E-state index contributed by atoms with van der Waals surface area (Å²) >= 11 is 6.52. The van der Waals surface area contributed by atoms with Crippen molar-refractivity contribution >= 4 is 56.5 Å². The Labute approximate surface area is 157 Å². The summed E-state index contributed by atoms with van der Waals surface area (Å²) < 4.78 is 4.11. The van der Waals surface area contributed by atoms with E-state index in [0.717, 1.165) is 26.3 Å². The molecular formula is C18H15BrN2OS2. The standard InChI is InChI=1S/C18H15BrN2OS2/c1-23-21-14-9-5-8-13(10-14)20-18(22)16-11-15(17(19)24-16)12-6-3-2-4-7-12/h2-11,21H,1H3,(H,20,22). The lowest BCUT2D eigenvalue weighted by Gasteiger charge is -2.06. The normalized spacial score (nSPS) is 10.4. The van der Waals surface area contributed by atoms with Gasteiger partial charge in [-0.3, -0.25) is 4.79 Å². The van der Waals surface area contributed by atoms with Crippen molar-refractivity contribution in [1.82, 2.24) is 0 Å². The van der Waals surface area contributed by atoms with E-state index in [1.807, 2.05) is 66.9 Å². The first-order chi connectivity index (χ1) is 11.7. The maximum atomic E-state index is 12.5. The number of halogens is 1. The summed E-state index contributed by atoms with van der Waals surface area (Å²) in [5.74, 6) is -0.107.